The Balaban J connectivity index is 1.70. The van der Waals surface area contributed by atoms with E-state index in [2.05, 4.69) is 21.6 Å². The van der Waals surface area contributed by atoms with Crippen LogP contribution in [0.1, 0.15) is 30.0 Å². The zero-order valence-electron chi connectivity index (χ0n) is 9.65. The molecule has 0 bridgehead atoms. The first-order chi connectivity index (χ1) is 8.86. The van der Waals surface area contributed by atoms with Gasteiger partial charge in [-0.1, -0.05) is 23.9 Å². The molecule has 2 aromatic rings. The third-order valence-corrected chi connectivity index (χ3v) is 3.78. The van der Waals surface area contributed by atoms with Crippen LogP contribution < -0.4 is 0 Å². The van der Waals surface area contributed by atoms with Gasteiger partial charge in [0.25, 0.3) is 0 Å². The predicted molar refractivity (Wildman–Crippen MR) is 66.8 cm³/mol. The lowest BCUT2D eigenvalue weighted by Gasteiger charge is -2.02. The number of hydrogen-bond acceptors (Lipinski definition) is 5. The molecule has 1 fully saturated rings. The van der Waals surface area contributed by atoms with Gasteiger partial charge in [-0.2, -0.15) is 5.26 Å². The van der Waals surface area contributed by atoms with Crippen LogP contribution in [-0.4, -0.2) is 20.2 Å². The van der Waals surface area contributed by atoms with E-state index in [4.69, 9.17) is 5.26 Å². The van der Waals surface area contributed by atoms with Gasteiger partial charge in [0.1, 0.15) is 0 Å². The first kappa shape index (κ1) is 11.2. The van der Waals surface area contributed by atoms with Crippen molar-refractivity contribution in [2.24, 2.45) is 0 Å². The van der Waals surface area contributed by atoms with E-state index in [1.807, 2.05) is 28.9 Å². The van der Waals surface area contributed by atoms with Gasteiger partial charge in [0.2, 0.25) is 5.16 Å². The fraction of sp³-hybridized carbons (Fsp3) is 0.333. The third-order valence-electron chi connectivity index (χ3n) is 2.78. The minimum Gasteiger partial charge on any atom is -0.217 e. The highest BCUT2D eigenvalue weighted by Gasteiger charge is 2.27. The van der Waals surface area contributed by atoms with Crippen molar-refractivity contribution in [2.75, 3.05) is 0 Å². The van der Waals surface area contributed by atoms with Crippen LogP contribution in [0.2, 0.25) is 0 Å². The molecular weight excluding hydrogens is 246 g/mol. The van der Waals surface area contributed by atoms with Crippen LogP contribution in [-0.2, 0) is 5.75 Å². The maximum absolute atomic E-state index is 8.85. The molecule has 0 saturated heterocycles. The third kappa shape index (κ3) is 2.36. The lowest BCUT2D eigenvalue weighted by atomic mass is 10.2. The molecule has 1 aliphatic rings. The summed E-state index contributed by atoms with van der Waals surface area (Å²) in [7, 11) is 0. The molecule has 0 N–H and O–H groups in total. The Labute approximate surface area is 109 Å². The standard InChI is InChI=1S/C12H11N5S/c13-7-9-2-1-3-10(6-9)8-18-12-14-15-16-17(12)11-4-5-11/h1-3,6,11H,4-5,8H2. The molecule has 1 saturated carbocycles. The number of nitrogens with zero attached hydrogens (tertiary/aromatic N) is 5. The summed E-state index contributed by atoms with van der Waals surface area (Å²) in [5.41, 5.74) is 1.80. The Morgan fingerprint density at radius 3 is 3.11 bits per heavy atom. The number of tetrazole rings is 1. The van der Waals surface area contributed by atoms with Gasteiger partial charge in [-0.3, -0.25) is 0 Å². The van der Waals surface area contributed by atoms with E-state index in [0.29, 0.717) is 11.6 Å². The Morgan fingerprint density at radius 2 is 2.33 bits per heavy atom. The Hall–Kier alpha value is -1.87. The molecule has 1 aliphatic carbocycles. The second-order valence-corrected chi connectivity index (χ2v) is 5.18. The number of aromatic nitrogens is 4. The second-order valence-electron chi connectivity index (χ2n) is 4.24. The number of rotatable bonds is 4. The molecule has 1 heterocycles. The van der Waals surface area contributed by atoms with Crippen LogP contribution in [0.4, 0.5) is 0 Å². The topological polar surface area (TPSA) is 67.4 Å². The Kier molecular flexibility index (Phi) is 2.99. The zero-order chi connectivity index (χ0) is 12.4. The van der Waals surface area contributed by atoms with Crippen LogP contribution in [0.5, 0.6) is 0 Å². The average Bonchev–Trinajstić information content (AvgIpc) is 3.15. The molecule has 3 rings (SSSR count). The summed E-state index contributed by atoms with van der Waals surface area (Å²) in [6, 6.07) is 10.3. The number of benzene rings is 1. The molecular formula is C12H11N5S. The SMILES string of the molecule is N#Cc1cccc(CSc2nnnn2C2CC2)c1. The van der Waals surface area contributed by atoms with Gasteiger partial charge in [0.05, 0.1) is 17.7 Å². The first-order valence-electron chi connectivity index (χ1n) is 5.76. The quantitative estimate of drug-likeness (QED) is 0.785. The fourth-order valence-electron chi connectivity index (χ4n) is 1.71. The maximum Gasteiger partial charge on any atom is 0.209 e. The van der Waals surface area contributed by atoms with Crippen LogP contribution >= 0.6 is 11.8 Å². The van der Waals surface area contributed by atoms with Crippen LogP contribution in [0.15, 0.2) is 29.4 Å². The van der Waals surface area contributed by atoms with E-state index in [1.54, 1.807) is 11.8 Å². The summed E-state index contributed by atoms with van der Waals surface area (Å²) >= 11 is 1.61. The summed E-state index contributed by atoms with van der Waals surface area (Å²) in [5.74, 6) is 0.780. The normalized spacial score (nSPS) is 14.4. The van der Waals surface area contributed by atoms with Crippen molar-refractivity contribution in [3.8, 4) is 6.07 Å². The molecule has 0 spiro atoms. The highest BCUT2D eigenvalue weighted by atomic mass is 32.2. The van der Waals surface area contributed by atoms with Gasteiger partial charge in [0.15, 0.2) is 0 Å². The number of nitriles is 1. The van der Waals surface area contributed by atoms with Crippen molar-refractivity contribution >= 4 is 11.8 Å². The van der Waals surface area contributed by atoms with Crippen molar-refractivity contribution in [1.29, 1.82) is 5.26 Å². The van der Waals surface area contributed by atoms with E-state index in [-0.39, 0.29) is 0 Å². The Bertz CT molecular complexity index is 597. The molecule has 90 valence electrons. The highest BCUT2D eigenvalue weighted by Crippen LogP contribution is 2.36. The molecule has 0 radical (unpaired) electrons. The minimum absolute atomic E-state index is 0.493. The smallest absolute Gasteiger partial charge is 0.209 e. The lowest BCUT2D eigenvalue weighted by molar-refractivity contribution is 0.565. The van der Waals surface area contributed by atoms with E-state index in [0.717, 1.165) is 16.5 Å². The number of hydrogen-bond donors (Lipinski definition) is 0. The van der Waals surface area contributed by atoms with Crippen LogP contribution in [0.25, 0.3) is 0 Å². The molecule has 0 amide bonds. The zero-order valence-corrected chi connectivity index (χ0v) is 10.5. The lowest BCUT2D eigenvalue weighted by Crippen LogP contribution is -1.98. The van der Waals surface area contributed by atoms with Gasteiger partial charge >= 0.3 is 0 Å². The molecule has 1 aromatic carbocycles. The van der Waals surface area contributed by atoms with Crippen LogP contribution in [0.3, 0.4) is 0 Å². The molecule has 0 unspecified atom stereocenters. The van der Waals surface area contributed by atoms with Crippen molar-refractivity contribution < 1.29 is 0 Å². The summed E-state index contributed by atoms with van der Waals surface area (Å²) in [5, 5.41) is 21.5. The monoisotopic (exact) mass is 257 g/mol. The average molecular weight is 257 g/mol. The van der Waals surface area contributed by atoms with Crippen molar-refractivity contribution in [3.05, 3.63) is 35.4 Å². The maximum atomic E-state index is 8.85. The minimum atomic E-state index is 0.493. The molecule has 5 nitrogen and oxygen atoms in total. The van der Waals surface area contributed by atoms with E-state index >= 15 is 0 Å². The first-order valence-corrected chi connectivity index (χ1v) is 6.75. The van der Waals surface area contributed by atoms with Gasteiger partial charge in [0, 0.05) is 5.75 Å². The summed E-state index contributed by atoms with van der Waals surface area (Å²) in [6.07, 6.45) is 2.34. The summed E-state index contributed by atoms with van der Waals surface area (Å²) < 4.78 is 1.90. The van der Waals surface area contributed by atoms with Crippen molar-refractivity contribution in [1.82, 2.24) is 20.2 Å². The predicted octanol–water partition coefficient (Wildman–Crippen LogP) is 2.17. The fourth-order valence-corrected chi connectivity index (χ4v) is 2.59. The van der Waals surface area contributed by atoms with E-state index < -0.39 is 0 Å². The number of thioether (sulfide) groups is 1. The van der Waals surface area contributed by atoms with E-state index in [1.165, 1.54) is 12.8 Å². The van der Waals surface area contributed by atoms with Crippen LogP contribution in [0, 0.1) is 11.3 Å². The molecule has 1 aromatic heterocycles. The molecule has 0 atom stereocenters. The molecule has 6 heteroatoms. The van der Waals surface area contributed by atoms with Gasteiger partial charge in [-0.25, -0.2) is 4.68 Å². The largest absolute Gasteiger partial charge is 0.217 e. The Morgan fingerprint density at radius 1 is 1.44 bits per heavy atom. The van der Waals surface area contributed by atoms with Crippen molar-refractivity contribution in [2.45, 2.75) is 29.8 Å². The van der Waals surface area contributed by atoms with Gasteiger partial charge in [-0.15, -0.1) is 5.10 Å². The van der Waals surface area contributed by atoms with Gasteiger partial charge in [-0.05, 0) is 41.0 Å². The molecule has 18 heavy (non-hydrogen) atoms. The summed E-state index contributed by atoms with van der Waals surface area (Å²) in [6.45, 7) is 0. The summed E-state index contributed by atoms with van der Waals surface area (Å²) in [4.78, 5) is 0. The second kappa shape index (κ2) is 4.78. The van der Waals surface area contributed by atoms with E-state index in [9.17, 15) is 0 Å². The molecule has 0 aliphatic heterocycles. The van der Waals surface area contributed by atoms with Crippen molar-refractivity contribution in [3.63, 3.8) is 0 Å². The van der Waals surface area contributed by atoms with Gasteiger partial charge < -0.3 is 0 Å². The highest BCUT2D eigenvalue weighted by molar-refractivity contribution is 7.98.